The highest BCUT2D eigenvalue weighted by Gasteiger charge is 2.34. The number of aromatic nitrogens is 2. The van der Waals surface area contributed by atoms with Gasteiger partial charge in [-0.05, 0) is 38.0 Å². The van der Waals surface area contributed by atoms with Crippen LogP contribution >= 0.6 is 11.6 Å². The van der Waals surface area contributed by atoms with E-state index < -0.39 is 0 Å². The van der Waals surface area contributed by atoms with Gasteiger partial charge in [0.05, 0.1) is 10.6 Å². The zero-order valence-electron chi connectivity index (χ0n) is 14.8. The molecular formula is C17H20ClN5O3. The van der Waals surface area contributed by atoms with E-state index in [1.54, 1.807) is 44.1 Å². The average Bonchev–Trinajstić information content (AvgIpc) is 3.22. The Labute approximate surface area is 156 Å². The van der Waals surface area contributed by atoms with Gasteiger partial charge in [-0.3, -0.25) is 4.79 Å². The Kier molecular flexibility index (Phi) is 5.13. The van der Waals surface area contributed by atoms with Gasteiger partial charge in [0.1, 0.15) is 6.04 Å². The van der Waals surface area contributed by atoms with Crippen molar-refractivity contribution in [3.8, 4) is 0 Å². The van der Waals surface area contributed by atoms with Gasteiger partial charge < -0.3 is 19.6 Å². The van der Waals surface area contributed by atoms with Crippen LogP contribution in [0.4, 0.5) is 10.5 Å². The molecule has 3 rings (SSSR count). The van der Waals surface area contributed by atoms with E-state index in [-0.39, 0.29) is 23.0 Å². The molecule has 1 fully saturated rings. The Morgan fingerprint density at radius 2 is 2.15 bits per heavy atom. The van der Waals surface area contributed by atoms with E-state index in [4.69, 9.17) is 16.1 Å². The van der Waals surface area contributed by atoms with Crippen molar-refractivity contribution in [2.75, 3.05) is 26.0 Å². The highest BCUT2D eigenvalue weighted by atomic mass is 35.5. The lowest BCUT2D eigenvalue weighted by molar-refractivity contribution is 0.0828. The number of aryl methyl sites for hydroxylation is 1. The summed E-state index contributed by atoms with van der Waals surface area (Å²) in [5.74, 6) is 0.791. The molecule has 1 saturated heterocycles. The molecule has 2 aromatic rings. The molecule has 26 heavy (non-hydrogen) atoms. The maximum Gasteiger partial charge on any atom is 0.322 e. The summed E-state index contributed by atoms with van der Waals surface area (Å²) in [6, 6.07) is 4.32. The minimum atomic E-state index is -0.272. The van der Waals surface area contributed by atoms with E-state index in [0.717, 1.165) is 12.8 Å². The number of halogens is 1. The Balaban J connectivity index is 1.73. The molecule has 0 bridgehead atoms. The number of benzene rings is 1. The molecule has 0 saturated carbocycles. The van der Waals surface area contributed by atoms with Crippen LogP contribution in [0.2, 0.25) is 5.02 Å². The highest BCUT2D eigenvalue weighted by molar-refractivity contribution is 6.34. The topological polar surface area (TPSA) is 91.6 Å². The standard InChI is InChI=1S/C17H20ClN5O3/c1-10-19-15(26-21-10)14-5-4-8-23(14)17(25)20-11-6-7-12(13(18)9-11)16(24)22(2)3/h6-7,9,14H,4-5,8H2,1-3H3,(H,20,25)/t14-/m0/s1. The van der Waals surface area contributed by atoms with Crippen LogP contribution in [0.25, 0.3) is 0 Å². The summed E-state index contributed by atoms with van der Waals surface area (Å²) in [5, 5.41) is 6.89. The number of urea groups is 1. The second-order valence-corrected chi connectivity index (χ2v) is 6.76. The van der Waals surface area contributed by atoms with Crippen molar-refractivity contribution in [2.24, 2.45) is 0 Å². The van der Waals surface area contributed by atoms with Crippen LogP contribution in [0.15, 0.2) is 22.7 Å². The second kappa shape index (κ2) is 7.33. The molecule has 0 radical (unpaired) electrons. The van der Waals surface area contributed by atoms with Crippen LogP contribution in [0.1, 0.15) is 41.0 Å². The monoisotopic (exact) mass is 377 g/mol. The summed E-state index contributed by atoms with van der Waals surface area (Å²) in [7, 11) is 3.31. The lowest BCUT2D eigenvalue weighted by Crippen LogP contribution is -2.34. The molecule has 2 heterocycles. The Morgan fingerprint density at radius 1 is 1.38 bits per heavy atom. The van der Waals surface area contributed by atoms with Gasteiger partial charge >= 0.3 is 6.03 Å². The van der Waals surface area contributed by atoms with Gasteiger partial charge in [-0.2, -0.15) is 4.98 Å². The maximum absolute atomic E-state index is 12.7. The lowest BCUT2D eigenvalue weighted by atomic mass is 10.2. The Morgan fingerprint density at radius 3 is 2.77 bits per heavy atom. The quantitative estimate of drug-likeness (QED) is 0.887. The number of carbonyl (C=O) groups is 2. The molecule has 1 N–H and O–H groups in total. The predicted octanol–water partition coefficient (Wildman–Crippen LogP) is 3.10. The number of amides is 3. The van der Waals surface area contributed by atoms with Crippen LogP contribution in [-0.4, -0.2) is 52.5 Å². The van der Waals surface area contributed by atoms with Crippen LogP contribution in [0.3, 0.4) is 0 Å². The zero-order chi connectivity index (χ0) is 18.8. The summed E-state index contributed by atoms with van der Waals surface area (Å²) in [6.07, 6.45) is 1.63. The van der Waals surface area contributed by atoms with Gasteiger partial charge in [-0.25, -0.2) is 4.79 Å². The van der Waals surface area contributed by atoms with E-state index >= 15 is 0 Å². The maximum atomic E-state index is 12.7. The van der Waals surface area contributed by atoms with Crippen molar-refractivity contribution in [3.05, 3.63) is 40.5 Å². The minimum Gasteiger partial charge on any atom is -0.345 e. The van der Waals surface area contributed by atoms with Gasteiger partial charge in [0.25, 0.3) is 5.91 Å². The molecule has 3 amide bonds. The van der Waals surface area contributed by atoms with E-state index in [9.17, 15) is 9.59 Å². The van der Waals surface area contributed by atoms with Crippen molar-refractivity contribution in [1.29, 1.82) is 0 Å². The molecule has 9 heteroatoms. The number of nitrogens with zero attached hydrogens (tertiary/aromatic N) is 4. The molecule has 0 aliphatic carbocycles. The first kappa shape index (κ1) is 18.2. The third kappa shape index (κ3) is 3.65. The summed E-state index contributed by atoms with van der Waals surface area (Å²) in [6.45, 7) is 2.34. The number of rotatable bonds is 3. The molecule has 8 nitrogen and oxygen atoms in total. The van der Waals surface area contributed by atoms with E-state index in [1.165, 1.54) is 4.90 Å². The number of hydrogen-bond donors (Lipinski definition) is 1. The van der Waals surface area contributed by atoms with Crippen LogP contribution in [-0.2, 0) is 0 Å². The number of carbonyl (C=O) groups excluding carboxylic acids is 2. The van der Waals surface area contributed by atoms with Gasteiger partial charge in [-0.1, -0.05) is 16.8 Å². The van der Waals surface area contributed by atoms with Crippen LogP contribution in [0, 0.1) is 6.92 Å². The first-order valence-electron chi connectivity index (χ1n) is 8.26. The van der Waals surface area contributed by atoms with Crippen LogP contribution in [0.5, 0.6) is 0 Å². The lowest BCUT2D eigenvalue weighted by Gasteiger charge is -2.22. The van der Waals surface area contributed by atoms with Crippen molar-refractivity contribution in [3.63, 3.8) is 0 Å². The fourth-order valence-electron chi connectivity index (χ4n) is 2.92. The van der Waals surface area contributed by atoms with Gasteiger partial charge in [0.2, 0.25) is 5.89 Å². The number of likely N-dealkylation sites (tertiary alicyclic amines) is 1. The molecule has 1 aliphatic heterocycles. The minimum absolute atomic E-state index is 0.195. The number of nitrogens with one attached hydrogen (secondary N) is 1. The molecule has 138 valence electrons. The Hall–Kier alpha value is -2.61. The van der Waals surface area contributed by atoms with Crippen molar-refractivity contribution >= 4 is 29.2 Å². The molecule has 0 unspecified atom stereocenters. The SMILES string of the molecule is Cc1noc([C@@H]2CCCN2C(=O)Nc2ccc(C(=O)N(C)C)c(Cl)c2)n1. The highest BCUT2D eigenvalue weighted by Crippen LogP contribution is 2.31. The zero-order valence-corrected chi connectivity index (χ0v) is 15.6. The van der Waals surface area contributed by atoms with Crippen molar-refractivity contribution in [1.82, 2.24) is 19.9 Å². The van der Waals surface area contributed by atoms with Gasteiger partial charge in [0.15, 0.2) is 5.82 Å². The summed E-state index contributed by atoms with van der Waals surface area (Å²) < 4.78 is 5.22. The van der Waals surface area contributed by atoms with Gasteiger partial charge in [0, 0.05) is 26.3 Å². The van der Waals surface area contributed by atoms with E-state index in [2.05, 4.69) is 15.5 Å². The predicted molar refractivity (Wildman–Crippen MR) is 96.2 cm³/mol. The number of anilines is 1. The van der Waals surface area contributed by atoms with E-state index in [1.807, 2.05) is 0 Å². The molecular weight excluding hydrogens is 358 g/mol. The third-order valence-corrected chi connectivity index (χ3v) is 4.51. The Bertz CT molecular complexity index is 836. The average molecular weight is 378 g/mol. The molecule has 1 aromatic carbocycles. The molecule has 0 spiro atoms. The smallest absolute Gasteiger partial charge is 0.322 e. The second-order valence-electron chi connectivity index (χ2n) is 6.36. The van der Waals surface area contributed by atoms with Crippen LogP contribution < -0.4 is 5.32 Å². The largest absolute Gasteiger partial charge is 0.345 e. The summed E-state index contributed by atoms with van der Waals surface area (Å²) in [4.78, 5) is 32.0. The summed E-state index contributed by atoms with van der Waals surface area (Å²) in [5.41, 5.74) is 0.901. The van der Waals surface area contributed by atoms with Crippen molar-refractivity contribution in [2.45, 2.75) is 25.8 Å². The first-order valence-corrected chi connectivity index (χ1v) is 8.63. The van der Waals surface area contributed by atoms with Crippen molar-refractivity contribution < 1.29 is 14.1 Å². The van der Waals surface area contributed by atoms with E-state index in [0.29, 0.717) is 29.5 Å². The normalized spacial score (nSPS) is 16.6. The summed E-state index contributed by atoms with van der Waals surface area (Å²) >= 11 is 6.19. The third-order valence-electron chi connectivity index (χ3n) is 4.20. The van der Waals surface area contributed by atoms with Gasteiger partial charge in [-0.15, -0.1) is 0 Å². The fraction of sp³-hybridized carbons (Fsp3) is 0.412. The first-order chi connectivity index (χ1) is 12.4. The molecule has 1 aliphatic rings. The fourth-order valence-corrected chi connectivity index (χ4v) is 3.18. The molecule has 1 aromatic heterocycles. The number of hydrogen-bond acceptors (Lipinski definition) is 5. The molecule has 1 atom stereocenters.